The number of carbonyl (C=O) groups is 1. The molecule has 1 aliphatic rings. The van der Waals surface area contributed by atoms with E-state index in [1.54, 1.807) is 43.3 Å². The number of anilines is 1. The van der Waals surface area contributed by atoms with Gasteiger partial charge >= 0.3 is 0 Å². The van der Waals surface area contributed by atoms with Gasteiger partial charge in [0.2, 0.25) is 5.91 Å². The first kappa shape index (κ1) is 21.2. The van der Waals surface area contributed by atoms with Crippen molar-refractivity contribution < 1.29 is 19.4 Å². The Morgan fingerprint density at radius 1 is 1.23 bits per heavy atom. The fourth-order valence-electron chi connectivity index (χ4n) is 3.24. The van der Waals surface area contributed by atoms with Gasteiger partial charge in [0.25, 0.3) is 5.56 Å². The molecule has 3 aromatic rings. The van der Waals surface area contributed by atoms with Gasteiger partial charge < -0.3 is 19.9 Å². The normalized spacial score (nSPS) is 13.7. The predicted octanol–water partition coefficient (Wildman–Crippen LogP) is 2.67. The van der Waals surface area contributed by atoms with Gasteiger partial charge in [-0.1, -0.05) is 23.9 Å². The Balaban J connectivity index is 1.55. The maximum absolute atomic E-state index is 12.9. The number of fused-ring (bicyclic) bond motifs is 2. The molecule has 1 amide bonds. The van der Waals surface area contributed by atoms with Gasteiger partial charge in [-0.05, 0) is 37.6 Å². The highest BCUT2D eigenvalue weighted by atomic mass is 32.2. The molecular formula is C22H23N3O5S. The van der Waals surface area contributed by atoms with Gasteiger partial charge in [0.1, 0.15) is 13.2 Å². The Kier molecular flexibility index (Phi) is 6.43. The smallest absolute Gasteiger partial charge is 0.262 e. The van der Waals surface area contributed by atoms with E-state index in [1.165, 1.54) is 16.3 Å². The lowest BCUT2D eigenvalue weighted by molar-refractivity contribution is -0.115. The topological polar surface area (TPSA) is 103 Å². The quantitative estimate of drug-likeness (QED) is 0.429. The molecule has 2 N–H and O–H groups in total. The van der Waals surface area contributed by atoms with Gasteiger partial charge in [-0.25, -0.2) is 4.98 Å². The molecule has 4 rings (SSSR count). The van der Waals surface area contributed by atoms with Crippen LogP contribution in [0.25, 0.3) is 10.9 Å². The van der Waals surface area contributed by atoms with E-state index in [-0.39, 0.29) is 18.1 Å². The van der Waals surface area contributed by atoms with Gasteiger partial charge in [0.15, 0.2) is 16.7 Å². The van der Waals surface area contributed by atoms with Crippen molar-refractivity contribution in [2.45, 2.75) is 30.3 Å². The summed E-state index contributed by atoms with van der Waals surface area (Å²) >= 11 is 1.21. The molecule has 2 aromatic carbocycles. The second-order valence-corrected chi connectivity index (χ2v) is 8.36. The van der Waals surface area contributed by atoms with Crippen LogP contribution in [0, 0.1) is 0 Å². The highest BCUT2D eigenvalue weighted by Gasteiger charge is 2.20. The monoisotopic (exact) mass is 441 g/mol. The number of ether oxygens (including phenoxy) is 2. The molecule has 0 radical (unpaired) electrons. The Hall–Kier alpha value is -3.04. The van der Waals surface area contributed by atoms with Crippen LogP contribution in [0.15, 0.2) is 52.4 Å². The van der Waals surface area contributed by atoms with Gasteiger partial charge in [0.05, 0.1) is 16.2 Å². The highest BCUT2D eigenvalue weighted by Crippen LogP contribution is 2.33. The molecule has 2 heterocycles. The van der Waals surface area contributed by atoms with Crippen LogP contribution in [0.4, 0.5) is 5.69 Å². The summed E-state index contributed by atoms with van der Waals surface area (Å²) in [5, 5.41) is 12.5. The van der Waals surface area contributed by atoms with Crippen LogP contribution in [0.1, 0.15) is 13.3 Å². The Labute approximate surface area is 183 Å². The molecule has 1 unspecified atom stereocenters. The number of aliphatic hydroxyl groups excluding tert-OH is 1. The second-order valence-electron chi connectivity index (χ2n) is 7.05. The molecule has 0 aliphatic carbocycles. The van der Waals surface area contributed by atoms with Gasteiger partial charge in [-0.3, -0.25) is 14.2 Å². The van der Waals surface area contributed by atoms with E-state index in [9.17, 15) is 14.7 Å². The predicted molar refractivity (Wildman–Crippen MR) is 119 cm³/mol. The van der Waals surface area contributed by atoms with Gasteiger partial charge in [-0.15, -0.1) is 0 Å². The number of hydrogen-bond donors (Lipinski definition) is 2. The zero-order valence-corrected chi connectivity index (χ0v) is 17.9. The molecule has 0 spiro atoms. The molecule has 1 atom stereocenters. The Bertz CT molecular complexity index is 1160. The number of aliphatic hydroxyl groups is 1. The highest BCUT2D eigenvalue weighted by molar-refractivity contribution is 8.00. The van der Waals surface area contributed by atoms with E-state index in [1.807, 2.05) is 6.07 Å². The minimum absolute atomic E-state index is 0.0382. The number of amides is 1. The van der Waals surface area contributed by atoms with E-state index in [2.05, 4.69) is 10.3 Å². The molecule has 1 aromatic heterocycles. The SMILES string of the molecule is CC(Sc1nc2ccccc2c(=O)n1CCCO)C(=O)Nc1ccc2c(c1)OCCO2. The van der Waals surface area contributed by atoms with Crippen molar-refractivity contribution in [2.75, 3.05) is 25.1 Å². The number of thioether (sulfide) groups is 1. The van der Waals surface area contributed by atoms with Crippen LogP contribution < -0.4 is 20.3 Å². The zero-order chi connectivity index (χ0) is 21.8. The summed E-state index contributed by atoms with van der Waals surface area (Å²) < 4.78 is 12.6. The lowest BCUT2D eigenvalue weighted by Crippen LogP contribution is -2.27. The van der Waals surface area contributed by atoms with Crippen LogP contribution >= 0.6 is 11.8 Å². The maximum atomic E-state index is 12.9. The first-order valence-electron chi connectivity index (χ1n) is 10.0. The number of rotatable bonds is 7. The molecule has 162 valence electrons. The molecule has 0 fully saturated rings. The van der Waals surface area contributed by atoms with Crippen molar-refractivity contribution in [1.29, 1.82) is 0 Å². The second kappa shape index (κ2) is 9.40. The van der Waals surface area contributed by atoms with Crippen molar-refractivity contribution in [3.8, 4) is 11.5 Å². The third-order valence-corrected chi connectivity index (χ3v) is 5.92. The van der Waals surface area contributed by atoms with E-state index >= 15 is 0 Å². The van der Waals surface area contributed by atoms with E-state index < -0.39 is 5.25 Å². The fraction of sp³-hybridized carbons (Fsp3) is 0.318. The number of para-hydroxylation sites is 1. The number of benzene rings is 2. The van der Waals surface area contributed by atoms with Crippen molar-refractivity contribution >= 4 is 34.3 Å². The number of nitrogens with zero attached hydrogens (tertiary/aromatic N) is 2. The average Bonchev–Trinajstić information content (AvgIpc) is 2.79. The number of carbonyl (C=O) groups excluding carboxylic acids is 1. The minimum Gasteiger partial charge on any atom is -0.486 e. The molecule has 9 heteroatoms. The van der Waals surface area contributed by atoms with Crippen molar-refractivity contribution in [2.24, 2.45) is 0 Å². The molecule has 1 aliphatic heterocycles. The van der Waals surface area contributed by atoms with E-state index in [0.717, 1.165) is 0 Å². The first-order valence-corrected chi connectivity index (χ1v) is 10.9. The summed E-state index contributed by atoms with van der Waals surface area (Å²) in [7, 11) is 0. The standard InChI is InChI=1S/C22H23N3O5S/c1-14(20(27)23-15-7-8-18-19(13-15)30-12-11-29-18)31-22-24-17-6-3-2-5-16(17)21(28)25(22)9-4-10-26/h2-3,5-8,13-14,26H,4,9-12H2,1H3,(H,23,27). The largest absolute Gasteiger partial charge is 0.486 e. The molecular weight excluding hydrogens is 418 g/mol. The van der Waals surface area contributed by atoms with E-state index in [4.69, 9.17) is 9.47 Å². The Morgan fingerprint density at radius 2 is 2.00 bits per heavy atom. The van der Waals surface area contributed by atoms with Crippen LogP contribution in [0.5, 0.6) is 11.5 Å². The van der Waals surface area contributed by atoms with Crippen LogP contribution in [0.2, 0.25) is 0 Å². The number of nitrogens with one attached hydrogen (secondary N) is 1. The Morgan fingerprint density at radius 3 is 2.81 bits per heavy atom. The molecule has 0 saturated heterocycles. The van der Waals surface area contributed by atoms with E-state index in [0.29, 0.717) is 59.4 Å². The number of aromatic nitrogens is 2. The van der Waals surface area contributed by atoms with Crippen molar-refractivity contribution in [3.63, 3.8) is 0 Å². The summed E-state index contributed by atoms with van der Waals surface area (Å²) in [6.45, 7) is 3.02. The first-order chi connectivity index (χ1) is 15.1. The third kappa shape index (κ3) is 4.67. The molecule has 0 bridgehead atoms. The van der Waals surface area contributed by atoms with Gasteiger partial charge in [0, 0.05) is 24.9 Å². The molecule has 31 heavy (non-hydrogen) atoms. The average molecular weight is 442 g/mol. The number of hydrogen-bond acceptors (Lipinski definition) is 7. The van der Waals surface area contributed by atoms with Crippen molar-refractivity contribution in [1.82, 2.24) is 9.55 Å². The molecule has 8 nitrogen and oxygen atoms in total. The van der Waals surface area contributed by atoms with Crippen LogP contribution in [-0.2, 0) is 11.3 Å². The lowest BCUT2D eigenvalue weighted by Gasteiger charge is -2.19. The summed E-state index contributed by atoms with van der Waals surface area (Å²) in [5.74, 6) is 1.02. The fourth-order valence-corrected chi connectivity index (χ4v) is 4.17. The third-order valence-electron chi connectivity index (χ3n) is 4.83. The van der Waals surface area contributed by atoms with Crippen LogP contribution in [-0.4, -0.2) is 45.6 Å². The summed E-state index contributed by atoms with van der Waals surface area (Å²) in [6.07, 6.45) is 0.422. The summed E-state index contributed by atoms with van der Waals surface area (Å²) in [6, 6.07) is 12.4. The lowest BCUT2D eigenvalue weighted by atomic mass is 10.2. The summed E-state index contributed by atoms with van der Waals surface area (Å²) in [4.78, 5) is 30.3. The van der Waals surface area contributed by atoms with Crippen LogP contribution in [0.3, 0.4) is 0 Å². The maximum Gasteiger partial charge on any atom is 0.262 e. The molecule has 0 saturated carbocycles. The minimum atomic E-state index is -0.512. The summed E-state index contributed by atoms with van der Waals surface area (Å²) in [5.41, 5.74) is 1.00. The van der Waals surface area contributed by atoms with Gasteiger partial charge in [-0.2, -0.15) is 0 Å². The zero-order valence-electron chi connectivity index (χ0n) is 17.0. The van der Waals surface area contributed by atoms with Crippen molar-refractivity contribution in [3.05, 3.63) is 52.8 Å².